The second-order valence-corrected chi connectivity index (χ2v) is 2.79. The van der Waals surface area contributed by atoms with E-state index in [1.165, 1.54) is 13.8 Å². The highest BCUT2D eigenvalue weighted by atomic mass is 19.4. The lowest BCUT2D eigenvalue weighted by molar-refractivity contribution is -0.203. The van der Waals surface area contributed by atoms with Crippen molar-refractivity contribution in [2.75, 3.05) is 7.11 Å². The van der Waals surface area contributed by atoms with Crippen LogP contribution in [0.2, 0.25) is 0 Å². The maximum atomic E-state index is 12.1. The molecule has 0 aromatic heterocycles. The minimum absolute atomic E-state index is 0.794. The number of hydrogen-bond acceptors (Lipinski definition) is 2. The normalized spacial score (nSPS) is 14.6. The molecule has 0 radical (unpaired) electrons. The van der Waals surface area contributed by atoms with Crippen molar-refractivity contribution in [3.63, 3.8) is 0 Å². The van der Waals surface area contributed by atoms with Crippen LogP contribution < -0.4 is 0 Å². The van der Waals surface area contributed by atoms with Crippen molar-refractivity contribution >= 4 is 5.97 Å². The topological polar surface area (TPSA) is 26.3 Å². The first-order valence-electron chi connectivity index (χ1n) is 3.45. The molecule has 0 bridgehead atoms. The maximum absolute atomic E-state index is 12.1. The standard InChI is InChI=1S/C7H11F3O2/c1-4(2)5(6(11)12-3)7(8,9)10/h4-5H,1-3H3. The van der Waals surface area contributed by atoms with Crippen molar-refractivity contribution in [3.05, 3.63) is 0 Å². The smallest absolute Gasteiger partial charge is 0.402 e. The summed E-state index contributed by atoms with van der Waals surface area (Å²) in [5.74, 6) is -4.03. The maximum Gasteiger partial charge on any atom is 0.402 e. The third kappa shape index (κ3) is 2.71. The molecule has 0 aliphatic heterocycles. The summed E-state index contributed by atoms with van der Waals surface area (Å²) in [4.78, 5) is 10.7. The molecule has 0 amide bonds. The van der Waals surface area contributed by atoms with Crippen LogP contribution in [0.25, 0.3) is 0 Å². The first-order valence-corrected chi connectivity index (χ1v) is 3.45. The molecule has 0 fully saturated rings. The average molecular weight is 184 g/mol. The fourth-order valence-corrected chi connectivity index (χ4v) is 0.911. The zero-order valence-corrected chi connectivity index (χ0v) is 7.11. The fourth-order valence-electron chi connectivity index (χ4n) is 0.911. The summed E-state index contributed by atoms with van der Waals surface area (Å²) in [6, 6.07) is 0. The molecular weight excluding hydrogens is 173 g/mol. The van der Waals surface area contributed by atoms with Crippen LogP contribution in [0, 0.1) is 11.8 Å². The molecule has 0 aromatic rings. The molecule has 0 N–H and O–H groups in total. The molecule has 2 nitrogen and oxygen atoms in total. The van der Waals surface area contributed by atoms with E-state index in [4.69, 9.17) is 0 Å². The third-order valence-electron chi connectivity index (χ3n) is 1.47. The largest absolute Gasteiger partial charge is 0.469 e. The Hall–Kier alpha value is -0.740. The van der Waals surface area contributed by atoms with E-state index in [1.807, 2.05) is 0 Å². The van der Waals surface area contributed by atoms with Crippen LogP contribution >= 0.6 is 0 Å². The molecule has 0 spiro atoms. The molecule has 12 heavy (non-hydrogen) atoms. The lowest BCUT2D eigenvalue weighted by Crippen LogP contribution is -2.35. The van der Waals surface area contributed by atoms with E-state index >= 15 is 0 Å². The summed E-state index contributed by atoms with van der Waals surface area (Å²) in [7, 11) is 0.948. The molecule has 0 saturated heterocycles. The molecular formula is C7H11F3O2. The van der Waals surface area contributed by atoms with Gasteiger partial charge in [-0.05, 0) is 5.92 Å². The number of carbonyl (C=O) groups is 1. The molecule has 0 aliphatic rings. The van der Waals surface area contributed by atoms with E-state index in [2.05, 4.69) is 4.74 Å². The third-order valence-corrected chi connectivity index (χ3v) is 1.47. The average Bonchev–Trinajstić information content (AvgIpc) is 1.83. The molecule has 0 saturated carbocycles. The number of carbonyl (C=O) groups excluding carboxylic acids is 1. The Kier molecular flexibility index (Phi) is 3.55. The molecule has 0 heterocycles. The van der Waals surface area contributed by atoms with Gasteiger partial charge >= 0.3 is 12.1 Å². The summed E-state index contributed by atoms with van der Waals surface area (Å²) in [5.41, 5.74) is 0. The predicted molar refractivity (Wildman–Crippen MR) is 36.4 cm³/mol. The van der Waals surface area contributed by atoms with Gasteiger partial charge < -0.3 is 4.74 Å². The van der Waals surface area contributed by atoms with Gasteiger partial charge in [0.05, 0.1) is 7.11 Å². The summed E-state index contributed by atoms with van der Waals surface area (Å²) in [6.45, 7) is 2.66. The van der Waals surface area contributed by atoms with Crippen molar-refractivity contribution in [1.29, 1.82) is 0 Å². The second kappa shape index (κ2) is 3.78. The lowest BCUT2D eigenvalue weighted by Gasteiger charge is -2.20. The van der Waals surface area contributed by atoms with Crippen LogP contribution in [0.15, 0.2) is 0 Å². The van der Waals surface area contributed by atoms with Gasteiger partial charge in [0.15, 0.2) is 5.92 Å². The molecule has 72 valence electrons. The van der Waals surface area contributed by atoms with Gasteiger partial charge in [0.2, 0.25) is 0 Å². The van der Waals surface area contributed by atoms with Gasteiger partial charge in [0.1, 0.15) is 0 Å². The van der Waals surface area contributed by atoms with Gasteiger partial charge in [-0.15, -0.1) is 0 Å². The highest BCUT2D eigenvalue weighted by Crippen LogP contribution is 2.32. The number of rotatable bonds is 2. The first kappa shape index (κ1) is 11.3. The SMILES string of the molecule is COC(=O)C(C(C)C)C(F)(F)F. The summed E-state index contributed by atoms with van der Waals surface area (Å²) >= 11 is 0. The predicted octanol–water partition coefficient (Wildman–Crippen LogP) is 1.99. The van der Waals surface area contributed by atoms with Crippen LogP contribution in [-0.4, -0.2) is 19.3 Å². The Balaban J connectivity index is 4.56. The molecule has 1 atom stereocenters. The highest BCUT2D eigenvalue weighted by molar-refractivity contribution is 5.73. The van der Waals surface area contributed by atoms with Crippen LogP contribution in [0.5, 0.6) is 0 Å². The summed E-state index contributed by atoms with van der Waals surface area (Å²) in [6.07, 6.45) is -4.51. The van der Waals surface area contributed by atoms with E-state index in [1.54, 1.807) is 0 Å². The number of halogens is 3. The van der Waals surface area contributed by atoms with Crippen LogP contribution in [0.1, 0.15) is 13.8 Å². The molecule has 0 aliphatic carbocycles. The van der Waals surface area contributed by atoms with Crippen LogP contribution in [0.4, 0.5) is 13.2 Å². The fraction of sp³-hybridized carbons (Fsp3) is 0.857. The summed E-state index contributed by atoms with van der Waals surface area (Å²) in [5, 5.41) is 0. The number of alkyl halides is 3. The Bertz CT molecular complexity index is 163. The molecule has 0 aromatic carbocycles. The Morgan fingerprint density at radius 3 is 1.83 bits per heavy atom. The van der Waals surface area contributed by atoms with Gasteiger partial charge in [0, 0.05) is 0 Å². The number of esters is 1. The van der Waals surface area contributed by atoms with Gasteiger partial charge in [-0.1, -0.05) is 13.8 Å². The van der Waals surface area contributed by atoms with Crippen molar-refractivity contribution in [1.82, 2.24) is 0 Å². The minimum Gasteiger partial charge on any atom is -0.469 e. The van der Waals surface area contributed by atoms with Gasteiger partial charge in [-0.2, -0.15) is 13.2 Å². The van der Waals surface area contributed by atoms with Crippen LogP contribution in [0.3, 0.4) is 0 Å². The Labute approximate surface area is 68.7 Å². The van der Waals surface area contributed by atoms with E-state index in [-0.39, 0.29) is 0 Å². The van der Waals surface area contributed by atoms with Crippen molar-refractivity contribution in [2.45, 2.75) is 20.0 Å². The van der Waals surface area contributed by atoms with Crippen molar-refractivity contribution < 1.29 is 22.7 Å². The quantitative estimate of drug-likeness (QED) is 0.613. The number of hydrogen-bond donors (Lipinski definition) is 0. The van der Waals surface area contributed by atoms with E-state index in [0.29, 0.717) is 0 Å². The van der Waals surface area contributed by atoms with Gasteiger partial charge in [-0.25, -0.2) is 0 Å². The van der Waals surface area contributed by atoms with Crippen molar-refractivity contribution in [3.8, 4) is 0 Å². The molecule has 5 heteroatoms. The van der Waals surface area contributed by atoms with Crippen LogP contribution in [-0.2, 0) is 9.53 Å². The highest BCUT2D eigenvalue weighted by Gasteiger charge is 2.47. The van der Waals surface area contributed by atoms with Crippen molar-refractivity contribution in [2.24, 2.45) is 11.8 Å². The zero-order chi connectivity index (χ0) is 9.94. The minimum atomic E-state index is -4.51. The second-order valence-electron chi connectivity index (χ2n) is 2.79. The molecule has 1 unspecified atom stereocenters. The first-order chi connectivity index (χ1) is 5.30. The van der Waals surface area contributed by atoms with Gasteiger partial charge in [0.25, 0.3) is 0 Å². The van der Waals surface area contributed by atoms with E-state index < -0.39 is 24.0 Å². The molecule has 0 rings (SSSR count). The lowest BCUT2D eigenvalue weighted by atomic mass is 9.95. The van der Waals surface area contributed by atoms with E-state index in [9.17, 15) is 18.0 Å². The van der Waals surface area contributed by atoms with E-state index in [0.717, 1.165) is 7.11 Å². The zero-order valence-electron chi connectivity index (χ0n) is 7.11. The number of methoxy groups -OCH3 is 1. The number of ether oxygens (including phenoxy) is 1. The summed E-state index contributed by atoms with van der Waals surface area (Å²) < 4.78 is 40.4. The Morgan fingerprint density at radius 2 is 1.75 bits per heavy atom. The monoisotopic (exact) mass is 184 g/mol. The Morgan fingerprint density at radius 1 is 1.33 bits per heavy atom. The van der Waals surface area contributed by atoms with Gasteiger partial charge in [-0.3, -0.25) is 4.79 Å².